The van der Waals surface area contributed by atoms with Gasteiger partial charge in [-0.3, -0.25) is 9.59 Å². The van der Waals surface area contributed by atoms with Crippen LogP contribution in [0.4, 0.5) is 0 Å². The standard InChI is InChI=1S/C28H42N4O2/c1-21(29-2)27(33)30-26(24-12-7-4-8-13-24)28(34)32-19-16-23-14-9-17-31(20-25(23)32)18-15-22-10-5-3-6-11-22/h3,5-6,10-11,15,18,21,23-26,29H,4,7-9,12-14,16-17,19-20H2,1-2H3,(H,30,33). The predicted molar refractivity (Wildman–Crippen MR) is 137 cm³/mol. The van der Waals surface area contributed by atoms with Gasteiger partial charge in [-0.1, -0.05) is 49.6 Å². The Morgan fingerprint density at radius 3 is 2.50 bits per heavy atom. The van der Waals surface area contributed by atoms with Crippen LogP contribution < -0.4 is 10.6 Å². The Hall–Kier alpha value is -2.34. The normalized spacial score (nSPS) is 25.6. The Kier molecular flexibility index (Phi) is 8.65. The second-order valence-electron chi connectivity index (χ2n) is 10.4. The van der Waals surface area contributed by atoms with Gasteiger partial charge in [0.1, 0.15) is 6.04 Å². The van der Waals surface area contributed by atoms with E-state index in [0.29, 0.717) is 5.92 Å². The molecule has 2 saturated heterocycles. The van der Waals surface area contributed by atoms with Crippen LogP contribution in [0.25, 0.3) is 6.08 Å². The number of rotatable bonds is 7. The maximum atomic E-state index is 14.0. The molecule has 2 aliphatic heterocycles. The van der Waals surface area contributed by atoms with Crippen LogP contribution in [0.3, 0.4) is 0 Å². The number of nitrogens with zero attached hydrogens (tertiary/aromatic N) is 2. The Morgan fingerprint density at radius 2 is 1.76 bits per heavy atom. The molecule has 1 saturated carbocycles. The van der Waals surface area contributed by atoms with E-state index in [0.717, 1.165) is 58.2 Å². The van der Waals surface area contributed by atoms with E-state index in [2.05, 4.69) is 57.0 Å². The Balaban J connectivity index is 1.49. The lowest BCUT2D eigenvalue weighted by atomic mass is 9.83. The molecule has 34 heavy (non-hydrogen) atoms. The molecule has 4 unspecified atom stereocenters. The second kappa shape index (κ2) is 11.9. The molecule has 6 nitrogen and oxygen atoms in total. The van der Waals surface area contributed by atoms with Crippen LogP contribution in [0.15, 0.2) is 36.5 Å². The van der Waals surface area contributed by atoms with Gasteiger partial charge in [0.25, 0.3) is 0 Å². The fourth-order valence-corrected chi connectivity index (χ4v) is 5.99. The molecule has 1 aromatic carbocycles. The summed E-state index contributed by atoms with van der Waals surface area (Å²) >= 11 is 0. The van der Waals surface area contributed by atoms with E-state index in [9.17, 15) is 9.59 Å². The average Bonchev–Trinajstić information content (AvgIpc) is 3.16. The molecule has 4 rings (SSSR count). The number of benzene rings is 1. The molecule has 4 atom stereocenters. The lowest BCUT2D eigenvalue weighted by molar-refractivity contribution is -0.140. The fourth-order valence-electron chi connectivity index (χ4n) is 5.99. The third-order valence-electron chi connectivity index (χ3n) is 8.20. The summed E-state index contributed by atoms with van der Waals surface area (Å²) in [4.78, 5) is 31.3. The van der Waals surface area contributed by atoms with Gasteiger partial charge in [-0.2, -0.15) is 0 Å². The molecule has 186 valence electrons. The predicted octanol–water partition coefficient (Wildman–Crippen LogP) is 3.64. The molecule has 6 heteroatoms. The van der Waals surface area contributed by atoms with Crippen LogP contribution >= 0.6 is 0 Å². The summed E-state index contributed by atoms with van der Waals surface area (Å²) in [6.45, 7) is 4.57. The molecule has 0 aromatic heterocycles. The van der Waals surface area contributed by atoms with E-state index >= 15 is 0 Å². The summed E-state index contributed by atoms with van der Waals surface area (Å²) in [5, 5.41) is 6.18. The minimum atomic E-state index is -0.404. The lowest BCUT2D eigenvalue weighted by Gasteiger charge is -2.37. The minimum absolute atomic E-state index is 0.0737. The summed E-state index contributed by atoms with van der Waals surface area (Å²) in [6, 6.07) is 9.90. The molecular weight excluding hydrogens is 424 g/mol. The average molecular weight is 467 g/mol. The number of hydrogen-bond acceptors (Lipinski definition) is 4. The topological polar surface area (TPSA) is 64.7 Å². The van der Waals surface area contributed by atoms with E-state index in [1.54, 1.807) is 7.05 Å². The van der Waals surface area contributed by atoms with Crippen molar-refractivity contribution in [3.8, 4) is 0 Å². The minimum Gasteiger partial charge on any atom is -0.375 e. The van der Waals surface area contributed by atoms with E-state index in [1.807, 2.05) is 13.0 Å². The highest BCUT2D eigenvalue weighted by atomic mass is 16.2. The molecule has 2 amide bonds. The molecule has 1 aromatic rings. The quantitative estimate of drug-likeness (QED) is 0.644. The van der Waals surface area contributed by atoms with Crippen LogP contribution in [-0.4, -0.2) is 66.4 Å². The van der Waals surface area contributed by atoms with E-state index in [4.69, 9.17) is 0 Å². The Labute approximate surface area is 205 Å². The first-order chi connectivity index (χ1) is 16.6. The first-order valence-electron chi connectivity index (χ1n) is 13.3. The maximum Gasteiger partial charge on any atom is 0.245 e. The van der Waals surface area contributed by atoms with Crippen molar-refractivity contribution in [2.24, 2.45) is 11.8 Å². The summed E-state index contributed by atoms with van der Waals surface area (Å²) in [7, 11) is 1.79. The number of amides is 2. The third kappa shape index (κ3) is 6.01. The molecule has 0 bridgehead atoms. The zero-order valence-electron chi connectivity index (χ0n) is 20.9. The monoisotopic (exact) mass is 466 g/mol. The molecule has 3 fully saturated rings. The zero-order chi connectivity index (χ0) is 23.9. The Bertz CT molecular complexity index is 836. The number of hydrogen-bond donors (Lipinski definition) is 2. The lowest BCUT2D eigenvalue weighted by Crippen LogP contribution is -2.57. The molecule has 3 aliphatic rings. The highest BCUT2D eigenvalue weighted by Gasteiger charge is 2.43. The van der Waals surface area contributed by atoms with Crippen molar-refractivity contribution in [1.82, 2.24) is 20.4 Å². The summed E-state index contributed by atoms with van der Waals surface area (Å²) in [6.07, 6.45) is 13.4. The van der Waals surface area contributed by atoms with Gasteiger partial charge in [0, 0.05) is 19.6 Å². The first kappa shape index (κ1) is 24.8. The first-order valence-corrected chi connectivity index (χ1v) is 13.3. The van der Waals surface area contributed by atoms with Crippen LogP contribution in [0.2, 0.25) is 0 Å². The molecule has 2 heterocycles. The van der Waals surface area contributed by atoms with Crippen molar-refractivity contribution < 1.29 is 9.59 Å². The number of carbonyl (C=O) groups excluding carboxylic acids is 2. The van der Waals surface area contributed by atoms with E-state index in [-0.39, 0.29) is 29.8 Å². The third-order valence-corrected chi connectivity index (χ3v) is 8.20. The van der Waals surface area contributed by atoms with Crippen molar-refractivity contribution in [2.75, 3.05) is 26.7 Å². The molecular formula is C28H42N4O2. The highest BCUT2D eigenvalue weighted by molar-refractivity contribution is 5.90. The van der Waals surface area contributed by atoms with Crippen molar-refractivity contribution in [3.05, 3.63) is 42.1 Å². The highest BCUT2D eigenvalue weighted by Crippen LogP contribution is 2.34. The van der Waals surface area contributed by atoms with Gasteiger partial charge in [0.2, 0.25) is 11.8 Å². The van der Waals surface area contributed by atoms with Crippen LogP contribution in [0.5, 0.6) is 0 Å². The van der Waals surface area contributed by atoms with Crippen molar-refractivity contribution in [3.63, 3.8) is 0 Å². The molecule has 0 spiro atoms. The number of fused-ring (bicyclic) bond motifs is 1. The van der Waals surface area contributed by atoms with Crippen molar-refractivity contribution in [2.45, 2.75) is 76.4 Å². The molecule has 0 radical (unpaired) electrons. The van der Waals surface area contributed by atoms with Gasteiger partial charge in [-0.05, 0) is 75.8 Å². The molecule has 2 N–H and O–H groups in total. The van der Waals surface area contributed by atoms with Gasteiger partial charge in [0.15, 0.2) is 0 Å². The summed E-state index contributed by atoms with van der Waals surface area (Å²) in [5.74, 6) is 0.867. The van der Waals surface area contributed by atoms with Crippen molar-refractivity contribution >= 4 is 17.9 Å². The number of nitrogens with one attached hydrogen (secondary N) is 2. The largest absolute Gasteiger partial charge is 0.375 e. The van der Waals surface area contributed by atoms with Gasteiger partial charge in [-0.25, -0.2) is 0 Å². The Morgan fingerprint density at radius 1 is 1.00 bits per heavy atom. The van der Waals surface area contributed by atoms with Gasteiger partial charge >= 0.3 is 0 Å². The van der Waals surface area contributed by atoms with Crippen molar-refractivity contribution in [1.29, 1.82) is 0 Å². The summed E-state index contributed by atoms with van der Waals surface area (Å²) in [5.41, 5.74) is 1.20. The SMILES string of the molecule is CNC(C)C(=O)NC(C(=O)N1CCC2CCCN(C=Cc3ccccc3)CC21)C1CCCCC1. The number of likely N-dealkylation sites (tertiary alicyclic amines) is 2. The van der Waals surface area contributed by atoms with Crippen LogP contribution in [0, 0.1) is 11.8 Å². The number of carbonyl (C=O) groups is 2. The van der Waals surface area contributed by atoms with Crippen LogP contribution in [0.1, 0.15) is 63.9 Å². The van der Waals surface area contributed by atoms with Gasteiger partial charge in [-0.15, -0.1) is 0 Å². The smallest absolute Gasteiger partial charge is 0.245 e. The van der Waals surface area contributed by atoms with Gasteiger partial charge in [0.05, 0.1) is 12.1 Å². The fraction of sp³-hybridized carbons (Fsp3) is 0.643. The maximum absolute atomic E-state index is 14.0. The molecule has 1 aliphatic carbocycles. The van der Waals surface area contributed by atoms with Crippen LogP contribution in [-0.2, 0) is 9.59 Å². The number of likely N-dealkylation sites (N-methyl/N-ethyl adjacent to an activating group) is 1. The second-order valence-corrected chi connectivity index (χ2v) is 10.4. The van der Waals surface area contributed by atoms with E-state index < -0.39 is 6.04 Å². The zero-order valence-corrected chi connectivity index (χ0v) is 20.9. The van der Waals surface area contributed by atoms with E-state index in [1.165, 1.54) is 18.4 Å². The van der Waals surface area contributed by atoms with Gasteiger partial charge < -0.3 is 20.4 Å². The summed E-state index contributed by atoms with van der Waals surface area (Å²) < 4.78 is 0.